The smallest absolute Gasteiger partial charge is 0.339 e. The molecule has 0 bridgehead atoms. The number of carbonyl (C=O) groups is 3. The van der Waals surface area contributed by atoms with Gasteiger partial charge in [-0.05, 0) is 18.2 Å². The van der Waals surface area contributed by atoms with Crippen molar-refractivity contribution in [2.75, 3.05) is 25.7 Å². The minimum absolute atomic E-state index is 0.100. The van der Waals surface area contributed by atoms with Gasteiger partial charge in [0.2, 0.25) is 5.91 Å². The first-order chi connectivity index (χ1) is 9.97. The van der Waals surface area contributed by atoms with Crippen LogP contribution in [0.25, 0.3) is 0 Å². The molecule has 7 heteroatoms. The third-order valence-electron chi connectivity index (χ3n) is 3.33. The molecule has 1 aromatic carbocycles. The van der Waals surface area contributed by atoms with Crippen LogP contribution in [0.3, 0.4) is 0 Å². The van der Waals surface area contributed by atoms with Gasteiger partial charge in [0.05, 0.1) is 30.7 Å². The summed E-state index contributed by atoms with van der Waals surface area (Å²) in [7, 11) is 2.55. The third-order valence-corrected chi connectivity index (χ3v) is 3.64. The van der Waals surface area contributed by atoms with Gasteiger partial charge in [-0.3, -0.25) is 9.59 Å². The number of nitrogens with zero attached hydrogens (tertiary/aromatic N) is 1. The Balaban J connectivity index is 2.23. The van der Waals surface area contributed by atoms with Crippen molar-refractivity contribution in [1.82, 2.24) is 0 Å². The van der Waals surface area contributed by atoms with E-state index in [4.69, 9.17) is 11.6 Å². The molecule has 6 nitrogen and oxygen atoms in total. The molecule has 0 aliphatic carbocycles. The number of hydrogen-bond donors (Lipinski definition) is 0. The number of hydrogen-bond acceptors (Lipinski definition) is 5. The summed E-state index contributed by atoms with van der Waals surface area (Å²) in [5, 5.41) is 0.189. The van der Waals surface area contributed by atoms with Gasteiger partial charge in [0.1, 0.15) is 0 Å². The number of halogens is 1. The Morgan fingerprint density at radius 3 is 2.57 bits per heavy atom. The van der Waals surface area contributed by atoms with Gasteiger partial charge in [-0.25, -0.2) is 4.79 Å². The van der Waals surface area contributed by atoms with Crippen molar-refractivity contribution in [2.24, 2.45) is 5.92 Å². The maximum Gasteiger partial charge on any atom is 0.339 e. The molecule has 1 amide bonds. The van der Waals surface area contributed by atoms with Crippen molar-refractivity contribution in [3.63, 3.8) is 0 Å². The normalized spacial score (nSPS) is 17.8. The first-order valence-corrected chi connectivity index (χ1v) is 6.61. The van der Waals surface area contributed by atoms with E-state index in [0.717, 1.165) is 0 Å². The van der Waals surface area contributed by atoms with Crippen LogP contribution in [-0.2, 0) is 19.1 Å². The zero-order valence-electron chi connectivity index (χ0n) is 11.6. The van der Waals surface area contributed by atoms with Crippen LogP contribution in [0.5, 0.6) is 0 Å². The fraction of sp³-hybridized carbons (Fsp3) is 0.357. The molecule has 1 saturated heterocycles. The fourth-order valence-corrected chi connectivity index (χ4v) is 2.48. The van der Waals surface area contributed by atoms with Crippen LogP contribution in [0.15, 0.2) is 18.2 Å². The highest BCUT2D eigenvalue weighted by Crippen LogP contribution is 2.29. The molecule has 0 spiro atoms. The zero-order valence-corrected chi connectivity index (χ0v) is 12.3. The summed E-state index contributed by atoms with van der Waals surface area (Å²) in [6.07, 6.45) is 0.100. The van der Waals surface area contributed by atoms with Crippen LogP contribution < -0.4 is 4.90 Å². The average molecular weight is 312 g/mol. The molecule has 1 heterocycles. The van der Waals surface area contributed by atoms with Gasteiger partial charge in [-0.2, -0.15) is 0 Å². The summed E-state index contributed by atoms with van der Waals surface area (Å²) in [6.45, 7) is 0.236. The van der Waals surface area contributed by atoms with E-state index in [1.807, 2.05) is 0 Å². The molecule has 2 rings (SSSR count). The molecule has 1 aliphatic heterocycles. The van der Waals surface area contributed by atoms with E-state index in [1.54, 1.807) is 6.07 Å². The minimum Gasteiger partial charge on any atom is -0.469 e. The molecular weight excluding hydrogens is 298 g/mol. The van der Waals surface area contributed by atoms with E-state index in [2.05, 4.69) is 9.47 Å². The summed E-state index contributed by atoms with van der Waals surface area (Å²) in [6, 6.07) is 4.59. The van der Waals surface area contributed by atoms with Crippen molar-refractivity contribution >= 4 is 35.1 Å². The first kappa shape index (κ1) is 15.3. The summed E-state index contributed by atoms with van der Waals surface area (Å²) < 4.78 is 9.25. The summed E-state index contributed by atoms with van der Waals surface area (Å²) in [5.74, 6) is -1.64. The van der Waals surface area contributed by atoms with Gasteiger partial charge in [0.25, 0.3) is 0 Å². The molecule has 1 aromatic rings. The molecule has 0 N–H and O–H groups in total. The van der Waals surface area contributed by atoms with E-state index in [9.17, 15) is 14.4 Å². The van der Waals surface area contributed by atoms with E-state index in [0.29, 0.717) is 5.69 Å². The van der Waals surface area contributed by atoms with Gasteiger partial charge < -0.3 is 14.4 Å². The van der Waals surface area contributed by atoms with Crippen LogP contribution in [0.2, 0.25) is 5.02 Å². The number of benzene rings is 1. The lowest BCUT2D eigenvalue weighted by Gasteiger charge is -2.17. The Kier molecular flexibility index (Phi) is 4.47. The topological polar surface area (TPSA) is 72.9 Å². The minimum atomic E-state index is -0.549. The molecule has 112 valence electrons. The van der Waals surface area contributed by atoms with Crippen molar-refractivity contribution in [1.29, 1.82) is 0 Å². The van der Waals surface area contributed by atoms with Gasteiger partial charge in [0.15, 0.2) is 0 Å². The van der Waals surface area contributed by atoms with Crippen LogP contribution in [0.4, 0.5) is 5.69 Å². The molecule has 1 atom stereocenters. The lowest BCUT2D eigenvalue weighted by atomic mass is 10.1. The molecule has 0 unspecified atom stereocenters. The summed E-state index contributed by atoms with van der Waals surface area (Å²) in [4.78, 5) is 36.4. The average Bonchev–Trinajstić information content (AvgIpc) is 2.87. The number of esters is 2. The maximum atomic E-state index is 12.0. The number of ether oxygens (including phenoxy) is 2. The molecular formula is C14H14ClNO5. The van der Waals surface area contributed by atoms with E-state index < -0.39 is 17.9 Å². The lowest BCUT2D eigenvalue weighted by molar-refractivity contribution is -0.145. The van der Waals surface area contributed by atoms with Crippen LogP contribution >= 0.6 is 11.6 Å². The highest BCUT2D eigenvalue weighted by Gasteiger charge is 2.36. The highest BCUT2D eigenvalue weighted by atomic mass is 35.5. The van der Waals surface area contributed by atoms with Gasteiger partial charge in [-0.1, -0.05) is 11.6 Å². The van der Waals surface area contributed by atoms with E-state index in [1.165, 1.54) is 31.3 Å². The van der Waals surface area contributed by atoms with E-state index in [-0.39, 0.29) is 29.5 Å². The molecule has 0 aromatic heterocycles. The molecule has 0 saturated carbocycles. The molecule has 0 radical (unpaired) electrons. The molecule has 1 fully saturated rings. The monoisotopic (exact) mass is 311 g/mol. The Labute approximate surface area is 126 Å². The maximum absolute atomic E-state index is 12.0. The third kappa shape index (κ3) is 3.00. The highest BCUT2D eigenvalue weighted by molar-refractivity contribution is 6.34. The molecule has 21 heavy (non-hydrogen) atoms. The van der Waals surface area contributed by atoms with Gasteiger partial charge in [0, 0.05) is 18.7 Å². The predicted molar refractivity (Wildman–Crippen MR) is 75.3 cm³/mol. The van der Waals surface area contributed by atoms with E-state index >= 15 is 0 Å². The van der Waals surface area contributed by atoms with Crippen molar-refractivity contribution in [3.8, 4) is 0 Å². The number of carbonyl (C=O) groups excluding carboxylic acids is 3. The Hall–Kier alpha value is -2.08. The lowest BCUT2D eigenvalue weighted by Crippen LogP contribution is -2.26. The predicted octanol–water partition coefficient (Wildman–Crippen LogP) is 1.65. The van der Waals surface area contributed by atoms with Crippen molar-refractivity contribution < 1.29 is 23.9 Å². The second-order valence-corrected chi connectivity index (χ2v) is 4.99. The Morgan fingerprint density at radius 2 is 2.00 bits per heavy atom. The zero-order chi connectivity index (χ0) is 15.6. The SMILES string of the molecule is COC(=O)c1ccc(N2C[C@H](C(=O)OC)CC2=O)cc1Cl. The largest absolute Gasteiger partial charge is 0.469 e. The first-order valence-electron chi connectivity index (χ1n) is 6.24. The van der Waals surface area contributed by atoms with Gasteiger partial charge in [-0.15, -0.1) is 0 Å². The van der Waals surface area contributed by atoms with Crippen LogP contribution in [0.1, 0.15) is 16.8 Å². The number of methoxy groups -OCH3 is 2. The van der Waals surface area contributed by atoms with Crippen LogP contribution in [-0.4, -0.2) is 38.6 Å². The van der Waals surface area contributed by atoms with Crippen LogP contribution in [0, 0.1) is 5.92 Å². The second-order valence-electron chi connectivity index (χ2n) is 4.58. The number of amides is 1. The van der Waals surface area contributed by atoms with Crippen molar-refractivity contribution in [2.45, 2.75) is 6.42 Å². The van der Waals surface area contributed by atoms with Crippen molar-refractivity contribution in [3.05, 3.63) is 28.8 Å². The number of anilines is 1. The summed E-state index contributed by atoms with van der Waals surface area (Å²) >= 11 is 6.02. The fourth-order valence-electron chi connectivity index (χ4n) is 2.23. The van der Waals surface area contributed by atoms with Gasteiger partial charge >= 0.3 is 11.9 Å². The molecule has 1 aliphatic rings. The second kappa shape index (κ2) is 6.13. The Bertz CT molecular complexity index is 601. The summed E-state index contributed by atoms with van der Waals surface area (Å²) in [5.41, 5.74) is 0.753. The number of rotatable bonds is 3. The standard InChI is InChI=1S/C14H14ClNO5/c1-20-13(18)8-5-12(17)16(7-8)9-3-4-10(11(15)6-9)14(19)21-2/h3-4,6,8H,5,7H2,1-2H3/t8-/m1/s1. The quantitative estimate of drug-likeness (QED) is 0.794. The Morgan fingerprint density at radius 1 is 1.29 bits per heavy atom.